The van der Waals surface area contributed by atoms with Crippen LogP contribution in [0.25, 0.3) is 0 Å². The number of nitrogens with two attached hydrogens (primary N) is 1. The third-order valence-electron chi connectivity index (χ3n) is 3.21. The molecule has 0 radical (unpaired) electrons. The normalized spacial score (nSPS) is 13.7. The Morgan fingerprint density at radius 2 is 2.33 bits per heavy atom. The van der Waals surface area contributed by atoms with E-state index in [1.165, 1.54) is 0 Å². The van der Waals surface area contributed by atoms with Gasteiger partial charge in [0.2, 0.25) is 5.76 Å². The van der Waals surface area contributed by atoms with Crippen LogP contribution in [0, 0.1) is 6.92 Å². The van der Waals surface area contributed by atoms with E-state index >= 15 is 0 Å². The molecule has 1 aliphatic heterocycles. The molecule has 2 heterocycles. The number of rotatable bonds is 1. The molecule has 0 saturated carbocycles. The van der Waals surface area contributed by atoms with Gasteiger partial charge < -0.3 is 15.2 Å². The van der Waals surface area contributed by atoms with Crippen LogP contribution in [0.4, 0.5) is 11.4 Å². The Hall–Kier alpha value is -2.30. The van der Waals surface area contributed by atoms with Crippen molar-refractivity contribution in [1.82, 2.24) is 5.16 Å². The number of amides is 1. The minimum Gasteiger partial charge on any atom is -0.397 e. The monoisotopic (exact) mass is 243 g/mol. The fourth-order valence-corrected chi connectivity index (χ4v) is 2.31. The van der Waals surface area contributed by atoms with Gasteiger partial charge in [0.05, 0.1) is 17.6 Å². The molecule has 1 amide bonds. The summed E-state index contributed by atoms with van der Waals surface area (Å²) in [4.78, 5) is 14.0. The summed E-state index contributed by atoms with van der Waals surface area (Å²) >= 11 is 0. The molecule has 1 aliphatic rings. The summed E-state index contributed by atoms with van der Waals surface area (Å²) in [6.45, 7) is 2.43. The highest BCUT2D eigenvalue weighted by atomic mass is 16.5. The van der Waals surface area contributed by atoms with E-state index in [2.05, 4.69) is 5.16 Å². The zero-order valence-electron chi connectivity index (χ0n) is 10.0. The summed E-state index contributed by atoms with van der Waals surface area (Å²) in [6.07, 6.45) is 2.36. The van der Waals surface area contributed by atoms with Gasteiger partial charge in [0.1, 0.15) is 0 Å². The van der Waals surface area contributed by atoms with Crippen molar-refractivity contribution >= 4 is 17.3 Å². The van der Waals surface area contributed by atoms with E-state index in [0.29, 0.717) is 12.2 Å². The first-order valence-electron chi connectivity index (χ1n) is 5.79. The average Bonchev–Trinajstić information content (AvgIpc) is 2.95. The number of hydrogen-bond acceptors (Lipinski definition) is 4. The number of aromatic nitrogens is 1. The number of para-hydroxylation sites is 1. The maximum atomic E-state index is 12.4. The van der Waals surface area contributed by atoms with Gasteiger partial charge in [0, 0.05) is 12.1 Å². The summed E-state index contributed by atoms with van der Waals surface area (Å²) in [5.41, 5.74) is 9.21. The quantitative estimate of drug-likeness (QED) is 0.775. The van der Waals surface area contributed by atoms with Crippen molar-refractivity contribution in [2.45, 2.75) is 13.3 Å². The molecule has 0 unspecified atom stereocenters. The molecule has 0 aliphatic carbocycles. The molecule has 2 N–H and O–H groups in total. The van der Waals surface area contributed by atoms with Gasteiger partial charge in [0.15, 0.2) is 0 Å². The third-order valence-corrected chi connectivity index (χ3v) is 3.21. The van der Waals surface area contributed by atoms with E-state index in [0.717, 1.165) is 23.2 Å². The molecule has 0 spiro atoms. The molecule has 0 atom stereocenters. The predicted octanol–water partition coefficient (Wildman–Crippen LogP) is 1.77. The number of nitrogens with zero attached hydrogens (tertiary/aromatic N) is 2. The standard InChI is InChI=1S/C13H13N3O2/c1-8-7-15-18-12(8)13(17)16-6-5-9-3-2-4-10(14)11(9)16/h2-4,7H,5-6,14H2,1H3. The predicted molar refractivity (Wildman–Crippen MR) is 67.5 cm³/mol. The van der Waals surface area contributed by atoms with Crippen LogP contribution in [0.5, 0.6) is 0 Å². The molecular formula is C13H13N3O2. The van der Waals surface area contributed by atoms with Crippen molar-refractivity contribution in [3.05, 3.63) is 41.3 Å². The third kappa shape index (κ3) is 1.48. The van der Waals surface area contributed by atoms with E-state index in [9.17, 15) is 4.79 Å². The van der Waals surface area contributed by atoms with Crippen molar-refractivity contribution in [3.8, 4) is 0 Å². The lowest BCUT2D eigenvalue weighted by atomic mass is 10.1. The van der Waals surface area contributed by atoms with Crippen molar-refractivity contribution in [1.29, 1.82) is 0 Å². The highest BCUT2D eigenvalue weighted by molar-refractivity contribution is 6.08. The maximum absolute atomic E-state index is 12.4. The van der Waals surface area contributed by atoms with Crippen LogP contribution in [0.1, 0.15) is 21.7 Å². The van der Waals surface area contributed by atoms with Crippen molar-refractivity contribution < 1.29 is 9.32 Å². The highest BCUT2D eigenvalue weighted by Crippen LogP contribution is 2.34. The van der Waals surface area contributed by atoms with Crippen molar-refractivity contribution in [3.63, 3.8) is 0 Å². The number of anilines is 2. The number of nitrogen functional groups attached to an aromatic ring is 1. The fraction of sp³-hybridized carbons (Fsp3) is 0.231. The molecule has 3 rings (SSSR count). The van der Waals surface area contributed by atoms with Crippen molar-refractivity contribution in [2.75, 3.05) is 17.2 Å². The number of hydrogen-bond donors (Lipinski definition) is 1. The molecule has 2 aromatic rings. The smallest absolute Gasteiger partial charge is 0.297 e. The van der Waals surface area contributed by atoms with Gasteiger partial charge in [-0.15, -0.1) is 0 Å². The maximum Gasteiger partial charge on any atom is 0.297 e. The van der Waals surface area contributed by atoms with Crippen LogP contribution in [0.15, 0.2) is 28.9 Å². The molecule has 1 aromatic carbocycles. The van der Waals surface area contributed by atoms with E-state index in [-0.39, 0.29) is 11.7 Å². The Kier molecular flexibility index (Phi) is 2.33. The van der Waals surface area contributed by atoms with Crippen LogP contribution in [-0.2, 0) is 6.42 Å². The molecule has 0 saturated heterocycles. The second kappa shape index (κ2) is 3.87. The summed E-state index contributed by atoms with van der Waals surface area (Å²) in [5, 5.41) is 3.64. The Morgan fingerprint density at radius 1 is 1.50 bits per heavy atom. The first kappa shape index (κ1) is 10.8. The summed E-state index contributed by atoms with van der Waals surface area (Å²) in [5.74, 6) is 0.104. The van der Waals surface area contributed by atoms with E-state index in [1.54, 1.807) is 24.1 Å². The molecule has 0 fully saturated rings. The number of fused-ring (bicyclic) bond motifs is 1. The van der Waals surface area contributed by atoms with Crippen LogP contribution in [-0.4, -0.2) is 17.6 Å². The molecule has 1 aromatic heterocycles. The second-order valence-corrected chi connectivity index (χ2v) is 4.40. The minimum atomic E-state index is -0.179. The fourth-order valence-electron chi connectivity index (χ4n) is 2.31. The number of carbonyl (C=O) groups is 1. The van der Waals surface area contributed by atoms with Crippen LogP contribution < -0.4 is 10.6 Å². The summed E-state index contributed by atoms with van der Waals surface area (Å²) in [7, 11) is 0. The van der Waals surface area contributed by atoms with Gasteiger partial charge in [-0.2, -0.15) is 0 Å². The van der Waals surface area contributed by atoms with Crippen LogP contribution in [0.2, 0.25) is 0 Å². The molecule has 5 heteroatoms. The van der Waals surface area contributed by atoms with Gasteiger partial charge in [-0.3, -0.25) is 4.79 Å². The first-order chi connectivity index (χ1) is 8.68. The Bertz CT molecular complexity index is 618. The van der Waals surface area contributed by atoms with Crippen molar-refractivity contribution in [2.24, 2.45) is 0 Å². The van der Waals surface area contributed by atoms with Gasteiger partial charge >= 0.3 is 0 Å². The topological polar surface area (TPSA) is 72.4 Å². The number of carbonyl (C=O) groups excluding carboxylic acids is 1. The number of benzene rings is 1. The first-order valence-corrected chi connectivity index (χ1v) is 5.79. The van der Waals surface area contributed by atoms with E-state index in [4.69, 9.17) is 10.3 Å². The van der Waals surface area contributed by atoms with Gasteiger partial charge in [-0.05, 0) is 25.0 Å². The average molecular weight is 243 g/mol. The lowest BCUT2D eigenvalue weighted by Crippen LogP contribution is -2.29. The molecular weight excluding hydrogens is 230 g/mol. The van der Waals surface area contributed by atoms with E-state index < -0.39 is 0 Å². The summed E-state index contributed by atoms with van der Waals surface area (Å²) < 4.78 is 5.01. The number of aryl methyl sites for hydroxylation is 1. The van der Waals surface area contributed by atoms with Gasteiger partial charge in [-0.1, -0.05) is 17.3 Å². The lowest BCUT2D eigenvalue weighted by Gasteiger charge is -2.17. The largest absolute Gasteiger partial charge is 0.397 e. The Labute approximate surface area is 104 Å². The van der Waals surface area contributed by atoms with Crippen LogP contribution >= 0.6 is 0 Å². The Morgan fingerprint density at radius 3 is 3.06 bits per heavy atom. The zero-order chi connectivity index (χ0) is 12.7. The van der Waals surface area contributed by atoms with Gasteiger partial charge in [0.25, 0.3) is 5.91 Å². The second-order valence-electron chi connectivity index (χ2n) is 4.40. The molecule has 92 valence electrons. The zero-order valence-corrected chi connectivity index (χ0v) is 10.0. The minimum absolute atomic E-state index is 0.179. The Balaban J connectivity index is 2.03. The highest BCUT2D eigenvalue weighted by Gasteiger charge is 2.30. The summed E-state index contributed by atoms with van der Waals surface area (Å²) in [6, 6.07) is 5.70. The lowest BCUT2D eigenvalue weighted by molar-refractivity contribution is 0.0953. The molecule has 0 bridgehead atoms. The molecule has 18 heavy (non-hydrogen) atoms. The van der Waals surface area contributed by atoms with E-state index in [1.807, 2.05) is 12.1 Å². The SMILES string of the molecule is Cc1cnoc1C(=O)N1CCc2cccc(N)c21. The van der Waals surface area contributed by atoms with Gasteiger partial charge in [-0.25, -0.2) is 0 Å². The van der Waals surface area contributed by atoms with Crippen LogP contribution in [0.3, 0.4) is 0 Å². The molecule has 5 nitrogen and oxygen atoms in total.